The molecule has 1 amide bonds. The molecule has 1 unspecified atom stereocenters. The van der Waals surface area contributed by atoms with E-state index in [4.69, 9.17) is 16.3 Å². The van der Waals surface area contributed by atoms with Crippen LogP contribution in [0.2, 0.25) is 5.02 Å². The van der Waals surface area contributed by atoms with Crippen LogP contribution in [0.25, 0.3) is 27.7 Å². The number of hydrogen-bond donors (Lipinski definition) is 1. The molecule has 1 aliphatic heterocycles. The SMILES string of the molecule is COc1cc(Cl)ccc1-c1ccn(-c2ccc3c4c(n(C)c3c2)C(C(C)(C)C)N(C(=O)O)CC4)c(=O)c1. The predicted octanol–water partition coefficient (Wildman–Crippen LogP) is 6.28. The first kappa shape index (κ1) is 25.0. The van der Waals surface area contributed by atoms with Gasteiger partial charge in [-0.25, -0.2) is 4.79 Å². The van der Waals surface area contributed by atoms with Gasteiger partial charge in [-0.1, -0.05) is 38.4 Å². The number of aryl methyl sites for hydroxylation is 1. The zero-order chi connectivity index (χ0) is 26.6. The van der Waals surface area contributed by atoms with Gasteiger partial charge in [0.05, 0.1) is 24.4 Å². The van der Waals surface area contributed by atoms with Gasteiger partial charge >= 0.3 is 6.09 Å². The van der Waals surface area contributed by atoms with Crippen LogP contribution >= 0.6 is 11.6 Å². The summed E-state index contributed by atoms with van der Waals surface area (Å²) in [5, 5.41) is 11.6. The van der Waals surface area contributed by atoms with Crippen molar-refractivity contribution in [3.05, 3.63) is 81.4 Å². The van der Waals surface area contributed by atoms with Crippen LogP contribution < -0.4 is 10.3 Å². The van der Waals surface area contributed by atoms with Crippen LogP contribution in [0.15, 0.2) is 59.5 Å². The predicted molar refractivity (Wildman–Crippen MR) is 146 cm³/mol. The van der Waals surface area contributed by atoms with Gasteiger partial charge in [-0.2, -0.15) is 0 Å². The summed E-state index contributed by atoms with van der Waals surface area (Å²) in [7, 11) is 3.55. The molecule has 0 bridgehead atoms. The molecule has 5 rings (SSSR count). The molecule has 0 radical (unpaired) electrons. The van der Waals surface area contributed by atoms with Crippen LogP contribution in [0.5, 0.6) is 5.75 Å². The molecule has 7 nitrogen and oxygen atoms in total. The molecule has 0 saturated carbocycles. The Balaban J connectivity index is 1.61. The van der Waals surface area contributed by atoms with Crippen LogP contribution in [0, 0.1) is 5.41 Å². The molecule has 2 aromatic heterocycles. The van der Waals surface area contributed by atoms with Gasteiger partial charge in [0, 0.05) is 47.5 Å². The maximum absolute atomic E-state index is 13.2. The Morgan fingerprint density at radius 2 is 1.86 bits per heavy atom. The third-order valence-electron chi connectivity index (χ3n) is 7.25. The van der Waals surface area contributed by atoms with Crippen LogP contribution in [0.1, 0.15) is 38.1 Å². The number of rotatable bonds is 3. The van der Waals surface area contributed by atoms with Gasteiger partial charge in [0.2, 0.25) is 0 Å². The maximum atomic E-state index is 13.2. The molecule has 1 aliphatic rings. The van der Waals surface area contributed by atoms with Crippen molar-refractivity contribution in [2.24, 2.45) is 12.5 Å². The zero-order valence-corrected chi connectivity index (χ0v) is 22.3. The number of carboxylic acid groups (broad SMARTS) is 1. The highest BCUT2D eigenvalue weighted by Gasteiger charge is 2.41. The number of amides is 1. The molecule has 8 heteroatoms. The fourth-order valence-electron chi connectivity index (χ4n) is 5.64. The van der Waals surface area contributed by atoms with Gasteiger partial charge in [-0.05, 0) is 59.4 Å². The fourth-order valence-corrected chi connectivity index (χ4v) is 5.80. The number of fused-ring (bicyclic) bond motifs is 3. The van der Waals surface area contributed by atoms with Crippen molar-refractivity contribution in [2.75, 3.05) is 13.7 Å². The average molecular weight is 520 g/mol. The number of hydrogen-bond acceptors (Lipinski definition) is 3. The number of pyridine rings is 1. The smallest absolute Gasteiger partial charge is 0.407 e. The molecular formula is C29H30ClN3O4. The summed E-state index contributed by atoms with van der Waals surface area (Å²) in [5.74, 6) is 0.601. The van der Waals surface area contributed by atoms with Crippen molar-refractivity contribution >= 4 is 28.6 Å². The number of ether oxygens (including phenoxy) is 1. The molecule has 0 aliphatic carbocycles. The lowest BCUT2D eigenvalue weighted by molar-refractivity contribution is 0.0725. The van der Waals surface area contributed by atoms with E-state index < -0.39 is 6.09 Å². The Morgan fingerprint density at radius 1 is 1.11 bits per heavy atom. The Kier molecular flexibility index (Phi) is 6.07. The summed E-state index contributed by atoms with van der Waals surface area (Å²) in [5.41, 5.74) is 4.99. The van der Waals surface area contributed by atoms with Gasteiger partial charge in [0.25, 0.3) is 5.56 Å². The summed E-state index contributed by atoms with van der Waals surface area (Å²) in [4.78, 5) is 26.8. The van der Waals surface area contributed by atoms with Gasteiger partial charge in [-0.3, -0.25) is 14.3 Å². The van der Waals surface area contributed by atoms with E-state index in [0.29, 0.717) is 23.7 Å². The summed E-state index contributed by atoms with van der Waals surface area (Å²) in [6.45, 7) is 6.67. The average Bonchev–Trinajstić information content (AvgIpc) is 3.13. The Hall–Kier alpha value is -3.71. The minimum Gasteiger partial charge on any atom is -0.496 e. The normalized spacial score (nSPS) is 15.6. The number of carbonyl (C=O) groups is 1. The Morgan fingerprint density at radius 3 is 2.51 bits per heavy atom. The highest BCUT2D eigenvalue weighted by Crippen LogP contribution is 2.45. The van der Waals surface area contributed by atoms with E-state index in [2.05, 4.69) is 25.3 Å². The minimum absolute atomic E-state index is 0.169. The molecule has 1 N–H and O–H groups in total. The monoisotopic (exact) mass is 519 g/mol. The second kappa shape index (κ2) is 8.99. The van der Waals surface area contributed by atoms with E-state index in [1.54, 1.807) is 41.0 Å². The summed E-state index contributed by atoms with van der Waals surface area (Å²) < 4.78 is 9.16. The minimum atomic E-state index is -0.902. The highest BCUT2D eigenvalue weighted by molar-refractivity contribution is 6.30. The second-order valence-corrected chi connectivity index (χ2v) is 11.0. The third kappa shape index (κ3) is 4.17. The first-order chi connectivity index (χ1) is 17.5. The van der Waals surface area contributed by atoms with Crippen LogP contribution in [-0.2, 0) is 13.5 Å². The number of nitrogens with zero attached hydrogens (tertiary/aromatic N) is 3. The standard InChI is InChI=1S/C29H30ClN3O4/c1-29(2,3)27-26-22(11-13-33(27)28(35)36)21-9-7-19(16-23(21)31(26)4)32-12-10-17(14-25(32)34)20-8-6-18(30)15-24(20)37-5/h6-10,12,14-16,27H,11,13H2,1-5H3,(H,35,36). The quantitative estimate of drug-likeness (QED) is 0.345. The molecule has 0 fully saturated rings. The lowest BCUT2D eigenvalue weighted by atomic mass is 9.80. The molecule has 4 aromatic rings. The molecule has 3 heterocycles. The van der Waals surface area contributed by atoms with Crippen molar-refractivity contribution in [1.82, 2.24) is 14.0 Å². The largest absolute Gasteiger partial charge is 0.496 e. The van der Waals surface area contributed by atoms with Gasteiger partial charge in [0.1, 0.15) is 5.75 Å². The van der Waals surface area contributed by atoms with Crippen molar-refractivity contribution in [3.63, 3.8) is 0 Å². The molecule has 0 spiro atoms. The Bertz CT molecular complexity index is 1600. The first-order valence-corrected chi connectivity index (χ1v) is 12.6. The van der Waals surface area contributed by atoms with Crippen LogP contribution in [-0.4, -0.2) is 38.9 Å². The van der Waals surface area contributed by atoms with Crippen molar-refractivity contribution in [2.45, 2.75) is 33.2 Å². The number of methoxy groups -OCH3 is 1. The topological polar surface area (TPSA) is 76.7 Å². The summed E-state index contributed by atoms with van der Waals surface area (Å²) in [6.07, 6.45) is 1.52. The maximum Gasteiger partial charge on any atom is 0.407 e. The van der Waals surface area contributed by atoms with E-state index in [-0.39, 0.29) is 17.0 Å². The molecular weight excluding hydrogens is 490 g/mol. The lowest BCUT2D eigenvalue weighted by Crippen LogP contribution is -2.45. The molecule has 37 heavy (non-hydrogen) atoms. The fraction of sp³-hybridized carbons (Fsp3) is 0.310. The highest BCUT2D eigenvalue weighted by atomic mass is 35.5. The van der Waals surface area contributed by atoms with E-state index >= 15 is 0 Å². The molecule has 1 atom stereocenters. The number of aromatic nitrogens is 2. The van der Waals surface area contributed by atoms with Gasteiger partial charge in [-0.15, -0.1) is 0 Å². The molecule has 192 valence electrons. The molecule has 2 aromatic carbocycles. The first-order valence-electron chi connectivity index (χ1n) is 12.2. The van der Waals surface area contributed by atoms with E-state index in [9.17, 15) is 14.7 Å². The molecule has 0 saturated heterocycles. The van der Waals surface area contributed by atoms with Crippen molar-refractivity contribution < 1.29 is 14.6 Å². The lowest BCUT2D eigenvalue weighted by Gasteiger charge is -2.42. The summed E-state index contributed by atoms with van der Waals surface area (Å²) in [6, 6.07) is 14.5. The van der Waals surface area contributed by atoms with E-state index in [0.717, 1.165) is 33.4 Å². The second-order valence-electron chi connectivity index (χ2n) is 10.6. The van der Waals surface area contributed by atoms with Crippen LogP contribution in [0.4, 0.5) is 4.79 Å². The number of halogens is 1. The van der Waals surface area contributed by atoms with E-state index in [1.807, 2.05) is 37.4 Å². The Labute approximate surface area is 220 Å². The van der Waals surface area contributed by atoms with Crippen LogP contribution in [0.3, 0.4) is 0 Å². The zero-order valence-electron chi connectivity index (χ0n) is 21.6. The van der Waals surface area contributed by atoms with E-state index in [1.165, 1.54) is 5.56 Å². The van der Waals surface area contributed by atoms with Crippen molar-refractivity contribution in [3.8, 4) is 22.6 Å². The summed E-state index contributed by atoms with van der Waals surface area (Å²) >= 11 is 6.10. The van der Waals surface area contributed by atoms with Crippen molar-refractivity contribution in [1.29, 1.82) is 0 Å². The van der Waals surface area contributed by atoms with Gasteiger partial charge in [0.15, 0.2) is 0 Å². The van der Waals surface area contributed by atoms with Gasteiger partial charge < -0.3 is 14.4 Å². The third-order valence-corrected chi connectivity index (χ3v) is 7.49. The number of benzene rings is 2.